The van der Waals surface area contributed by atoms with Gasteiger partial charge in [-0.1, -0.05) is 12.1 Å². The molecule has 3 rings (SSSR count). The highest BCUT2D eigenvalue weighted by molar-refractivity contribution is 7.15. The lowest BCUT2D eigenvalue weighted by Gasteiger charge is -2.06. The zero-order valence-corrected chi connectivity index (χ0v) is 12.7. The van der Waals surface area contributed by atoms with Crippen molar-refractivity contribution >= 4 is 33.8 Å². The summed E-state index contributed by atoms with van der Waals surface area (Å²) in [6, 6.07) is 6.66. The number of carbonyl (C=O) groups excluding carboxylic acids is 2. The molecule has 8 heteroatoms. The molecule has 2 aromatic heterocycles. The predicted molar refractivity (Wildman–Crippen MR) is 86.6 cm³/mol. The van der Waals surface area contributed by atoms with Crippen molar-refractivity contribution < 1.29 is 9.59 Å². The number of rotatable bonds is 4. The van der Waals surface area contributed by atoms with Crippen LogP contribution in [0.1, 0.15) is 15.9 Å². The van der Waals surface area contributed by atoms with Gasteiger partial charge in [-0.15, -0.1) is 11.3 Å². The van der Waals surface area contributed by atoms with E-state index in [2.05, 4.69) is 10.3 Å². The Hall–Kier alpha value is -3.00. The quantitative estimate of drug-likeness (QED) is 0.746. The largest absolute Gasteiger partial charge is 0.369 e. The van der Waals surface area contributed by atoms with E-state index >= 15 is 0 Å². The van der Waals surface area contributed by atoms with Crippen molar-refractivity contribution in [3.63, 3.8) is 0 Å². The number of anilines is 1. The summed E-state index contributed by atoms with van der Waals surface area (Å²) in [6.07, 6.45) is 2.98. The predicted octanol–water partition coefficient (Wildman–Crippen LogP) is 1.04. The Balaban J connectivity index is 1.81. The van der Waals surface area contributed by atoms with Crippen LogP contribution in [0.25, 0.3) is 4.96 Å². The molecule has 3 aromatic rings. The summed E-state index contributed by atoms with van der Waals surface area (Å²) in [6.45, 7) is 0. The first-order chi connectivity index (χ1) is 11.0. The van der Waals surface area contributed by atoms with Crippen LogP contribution < -0.4 is 16.6 Å². The third-order valence-electron chi connectivity index (χ3n) is 3.18. The van der Waals surface area contributed by atoms with Gasteiger partial charge in [0.1, 0.15) is 5.56 Å². The summed E-state index contributed by atoms with van der Waals surface area (Å²) in [5.74, 6) is -0.962. The molecule has 0 atom stereocenters. The van der Waals surface area contributed by atoms with Gasteiger partial charge in [0, 0.05) is 23.5 Å². The Kier molecular flexibility index (Phi) is 3.90. The van der Waals surface area contributed by atoms with Gasteiger partial charge in [0.25, 0.3) is 11.5 Å². The van der Waals surface area contributed by atoms with Crippen molar-refractivity contribution in [1.82, 2.24) is 9.38 Å². The average molecular weight is 328 g/mol. The molecule has 23 heavy (non-hydrogen) atoms. The molecule has 0 saturated heterocycles. The minimum Gasteiger partial charge on any atom is -0.369 e. The molecule has 0 spiro atoms. The molecular formula is C15H12N4O3S. The van der Waals surface area contributed by atoms with Gasteiger partial charge < -0.3 is 11.1 Å². The van der Waals surface area contributed by atoms with E-state index in [1.807, 2.05) is 0 Å². The summed E-state index contributed by atoms with van der Waals surface area (Å²) in [7, 11) is 0. The normalized spacial score (nSPS) is 10.6. The van der Waals surface area contributed by atoms with E-state index in [-0.39, 0.29) is 12.0 Å². The van der Waals surface area contributed by atoms with Crippen LogP contribution in [0.3, 0.4) is 0 Å². The molecule has 116 valence electrons. The van der Waals surface area contributed by atoms with Crippen LogP contribution >= 0.6 is 11.3 Å². The van der Waals surface area contributed by atoms with Crippen LogP contribution in [-0.4, -0.2) is 21.2 Å². The van der Waals surface area contributed by atoms with E-state index < -0.39 is 17.4 Å². The number of nitrogens with zero attached hydrogens (tertiary/aromatic N) is 2. The number of carbonyl (C=O) groups is 2. The Labute approximate surface area is 134 Å². The van der Waals surface area contributed by atoms with Gasteiger partial charge in [-0.2, -0.15) is 0 Å². The van der Waals surface area contributed by atoms with Gasteiger partial charge >= 0.3 is 0 Å². The van der Waals surface area contributed by atoms with Crippen LogP contribution in [0.4, 0.5) is 5.69 Å². The molecule has 0 unspecified atom stereocenters. The van der Waals surface area contributed by atoms with Crippen molar-refractivity contribution in [1.29, 1.82) is 0 Å². The fourth-order valence-electron chi connectivity index (χ4n) is 2.09. The number of benzene rings is 1. The lowest BCUT2D eigenvalue weighted by atomic mass is 10.1. The van der Waals surface area contributed by atoms with E-state index in [1.165, 1.54) is 21.9 Å². The van der Waals surface area contributed by atoms with E-state index in [1.54, 1.807) is 35.8 Å². The molecule has 1 aromatic carbocycles. The van der Waals surface area contributed by atoms with Crippen molar-refractivity contribution in [3.05, 3.63) is 63.5 Å². The van der Waals surface area contributed by atoms with Crippen LogP contribution in [0.15, 0.2) is 46.8 Å². The van der Waals surface area contributed by atoms with Gasteiger partial charge in [-0.3, -0.25) is 18.8 Å². The first-order valence-electron chi connectivity index (χ1n) is 6.68. The number of nitrogens with one attached hydrogen (secondary N) is 1. The second kappa shape index (κ2) is 6.01. The van der Waals surface area contributed by atoms with E-state index in [0.29, 0.717) is 10.6 Å². The zero-order valence-electron chi connectivity index (χ0n) is 11.9. The standard InChI is InChI=1S/C15H12N4O3S/c16-12(20)7-9-1-3-10(4-2-9)18-13(21)11-8-17-15-19(14(11)22)5-6-23-15/h1-6,8H,7H2,(H2,16,20)(H,18,21). The van der Waals surface area contributed by atoms with Crippen LogP contribution in [-0.2, 0) is 11.2 Å². The first kappa shape index (κ1) is 14.9. The lowest BCUT2D eigenvalue weighted by molar-refractivity contribution is -0.117. The van der Waals surface area contributed by atoms with Crippen LogP contribution in [0.2, 0.25) is 0 Å². The smallest absolute Gasteiger partial charge is 0.271 e. The molecule has 2 heterocycles. The van der Waals surface area contributed by atoms with Gasteiger partial charge in [-0.05, 0) is 17.7 Å². The van der Waals surface area contributed by atoms with Gasteiger partial charge in [0.05, 0.1) is 6.42 Å². The highest BCUT2D eigenvalue weighted by Crippen LogP contribution is 2.11. The molecule has 3 N–H and O–H groups in total. The summed E-state index contributed by atoms with van der Waals surface area (Å²) >= 11 is 1.31. The highest BCUT2D eigenvalue weighted by atomic mass is 32.1. The second-order valence-corrected chi connectivity index (χ2v) is 5.70. The van der Waals surface area contributed by atoms with Gasteiger partial charge in [0.15, 0.2) is 4.96 Å². The SMILES string of the molecule is NC(=O)Cc1ccc(NC(=O)c2cnc3sccn3c2=O)cc1. The summed E-state index contributed by atoms with van der Waals surface area (Å²) < 4.78 is 1.33. The molecule has 0 saturated carbocycles. The molecular weight excluding hydrogens is 316 g/mol. The van der Waals surface area contributed by atoms with E-state index in [9.17, 15) is 14.4 Å². The molecule has 0 aliphatic heterocycles. The van der Waals surface area contributed by atoms with E-state index in [4.69, 9.17) is 5.73 Å². The maximum Gasteiger partial charge on any atom is 0.271 e. The summed E-state index contributed by atoms with van der Waals surface area (Å²) in [5.41, 5.74) is 5.92. The van der Waals surface area contributed by atoms with Crippen molar-refractivity contribution in [3.8, 4) is 0 Å². The zero-order chi connectivity index (χ0) is 16.4. The number of hydrogen-bond donors (Lipinski definition) is 2. The maximum absolute atomic E-state index is 12.2. The minimum absolute atomic E-state index is 0.0397. The number of fused-ring (bicyclic) bond motifs is 1. The highest BCUT2D eigenvalue weighted by Gasteiger charge is 2.14. The molecule has 0 radical (unpaired) electrons. The maximum atomic E-state index is 12.2. The summed E-state index contributed by atoms with van der Waals surface area (Å²) in [4.78, 5) is 39.9. The topological polar surface area (TPSA) is 107 Å². The minimum atomic E-state index is -0.536. The number of thiazole rings is 1. The Morgan fingerprint density at radius 3 is 2.70 bits per heavy atom. The summed E-state index contributed by atoms with van der Waals surface area (Å²) in [5, 5.41) is 4.36. The van der Waals surface area contributed by atoms with Gasteiger partial charge in [-0.25, -0.2) is 4.98 Å². The fraction of sp³-hybridized carbons (Fsp3) is 0.0667. The molecule has 2 amide bonds. The van der Waals surface area contributed by atoms with Crippen LogP contribution in [0, 0.1) is 0 Å². The van der Waals surface area contributed by atoms with Crippen molar-refractivity contribution in [2.75, 3.05) is 5.32 Å². The molecule has 7 nitrogen and oxygen atoms in total. The second-order valence-electron chi connectivity index (χ2n) is 4.83. The molecule has 0 aliphatic carbocycles. The fourth-order valence-corrected chi connectivity index (χ4v) is 2.76. The Morgan fingerprint density at radius 2 is 2.00 bits per heavy atom. The third kappa shape index (κ3) is 3.11. The Bertz CT molecular complexity index is 943. The first-order valence-corrected chi connectivity index (χ1v) is 7.56. The third-order valence-corrected chi connectivity index (χ3v) is 3.95. The van der Waals surface area contributed by atoms with Crippen molar-refractivity contribution in [2.45, 2.75) is 6.42 Å². The Morgan fingerprint density at radius 1 is 1.26 bits per heavy atom. The molecule has 0 aliphatic rings. The number of amides is 2. The molecule has 0 bridgehead atoms. The monoisotopic (exact) mass is 328 g/mol. The molecule has 0 fully saturated rings. The lowest BCUT2D eigenvalue weighted by Crippen LogP contribution is -2.25. The van der Waals surface area contributed by atoms with Crippen molar-refractivity contribution in [2.24, 2.45) is 5.73 Å². The number of aromatic nitrogens is 2. The van der Waals surface area contributed by atoms with E-state index in [0.717, 1.165) is 5.56 Å². The van der Waals surface area contributed by atoms with Crippen LogP contribution in [0.5, 0.6) is 0 Å². The number of nitrogens with two attached hydrogens (primary N) is 1. The number of hydrogen-bond acceptors (Lipinski definition) is 5. The average Bonchev–Trinajstić information content (AvgIpc) is 2.98. The van der Waals surface area contributed by atoms with Gasteiger partial charge in [0.2, 0.25) is 5.91 Å². The number of primary amides is 1.